The molecule has 0 saturated heterocycles. The number of benzene rings is 1. The van der Waals surface area contributed by atoms with Gasteiger partial charge in [0.1, 0.15) is 0 Å². The molecular formula is C14H18N2O2S. The third-order valence-electron chi connectivity index (χ3n) is 3.74. The predicted octanol–water partition coefficient (Wildman–Crippen LogP) is 3.52. The van der Waals surface area contributed by atoms with Gasteiger partial charge < -0.3 is 19.0 Å². The number of rotatable bonds is 5. The summed E-state index contributed by atoms with van der Waals surface area (Å²) in [6, 6.07) is 3.94. The van der Waals surface area contributed by atoms with Gasteiger partial charge in [-0.3, -0.25) is 0 Å². The number of methoxy groups -OCH3 is 2. The van der Waals surface area contributed by atoms with E-state index in [0.717, 1.165) is 39.8 Å². The summed E-state index contributed by atoms with van der Waals surface area (Å²) in [6.07, 6.45) is 3.94. The van der Waals surface area contributed by atoms with Crippen LogP contribution in [0.25, 0.3) is 11.0 Å². The first-order valence-corrected chi connectivity index (χ1v) is 6.98. The Morgan fingerprint density at radius 2 is 1.95 bits per heavy atom. The molecule has 102 valence electrons. The highest BCUT2D eigenvalue weighted by Crippen LogP contribution is 2.35. The molecule has 1 aliphatic rings. The SMILES string of the molecule is COc1cc2[nH]c(=S)n(CCC3CC3)c2cc1OC. The van der Waals surface area contributed by atoms with Gasteiger partial charge in [0.05, 0.1) is 25.3 Å². The molecule has 1 fully saturated rings. The van der Waals surface area contributed by atoms with Gasteiger partial charge in [-0.05, 0) is 24.6 Å². The Hall–Kier alpha value is -1.49. The van der Waals surface area contributed by atoms with Crippen molar-refractivity contribution in [1.29, 1.82) is 0 Å². The number of hydrogen-bond acceptors (Lipinski definition) is 3. The molecule has 0 atom stereocenters. The maximum atomic E-state index is 5.41. The standard InChI is InChI=1S/C14H18N2O2S/c1-17-12-7-10-11(8-13(12)18-2)16(14(19)15-10)6-5-9-3-4-9/h7-9H,3-6H2,1-2H3,(H,15,19). The Morgan fingerprint density at radius 1 is 1.26 bits per heavy atom. The van der Waals surface area contributed by atoms with Crippen LogP contribution in [-0.2, 0) is 6.54 Å². The van der Waals surface area contributed by atoms with E-state index >= 15 is 0 Å². The Morgan fingerprint density at radius 3 is 2.58 bits per heavy atom. The summed E-state index contributed by atoms with van der Waals surface area (Å²) in [5, 5.41) is 0. The first kappa shape index (κ1) is 12.5. The number of aromatic amines is 1. The van der Waals surface area contributed by atoms with Crippen LogP contribution in [0.3, 0.4) is 0 Å². The van der Waals surface area contributed by atoms with E-state index in [1.807, 2.05) is 12.1 Å². The van der Waals surface area contributed by atoms with Crippen LogP contribution in [0.4, 0.5) is 0 Å². The number of aromatic nitrogens is 2. The number of nitrogens with one attached hydrogen (secondary N) is 1. The highest BCUT2D eigenvalue weighted by atomic mass is 32.1. The molecule has 0 bridgehead atoms. The van der Waals surface area contributed by atoms with E-state index in [1.165, 1.54) is 19.3 Å². The average Bonchev–Trinajstić information content (AvgIpc) is 3.19. The molecule has 0 amide bonds. The van der Waals surface area contributed by atoms with E-state index in [1.54, 1.807) is 14.2 Å². The molecule has 0 aliphatic heterocycles. The van der Waals surface area contributed by atoms with Crippen molar-refractivity contribution in [2.45, 2.75) is 25.8 Å². The molecule has 19 heavy (non-hydrogen) atoms. The fourth-order valence-corrected chi connectivity index (χ4v) is 2.72. The second-order valence-corrected chi connectivity index (χ2v) is 5.42. The van der Waals surface area contributed by atoms with Crippen LogP contribution in [0.1, 0.15) is 19.3 Å². The summed E-state index contributed by atoms with van der Waals surface area (Å²) in [6.45, 7) is 0.971. The maximum absolute atomic E-state index is 5.41. The monoisotopic (exact) mass is 278 g/mol. The quantitative estimate of drug-likeness (QED) is 0.851. The fraction of sp³-hybridized carbons (Fsp3) is 0.500. The first-order chi connectivity index (χ1) is 9.22. The summed E-state index contributed by atoms with van der Waals surface area (Å²) in [5.41, 5.74) is 2.08. The molecule has 3 rings (SSSR count). The maximum Gasteiger partial charge on any atom is 0.178 e. The third-order valence-corrected chi connectivity index (χ3v) is 4.06. The normalized spacial score (nSPS) is 14.8. The lowest BCUT2D eigenvalue weighted by Gasteiger charge is -2.09. The van der Waals surface area contributed by atoms with Crippen LogP contribution in [-0.4, -0.2) is 23.8 Å². The molecule has 1 aliphatic carbocycles. The summed E-state index contributed by atoms with van der Waals surface area (Å²) in [7, 11) is 3.29. The summed E-state index contributed by atoms with van der Waals surface area (Å²) in [5.74, 6) is 2.36. The van der Waals surface area contributed by atoms with Crippen molar-refractivity contribution in [3.63, 3.8) is 0 Å². The number of ether oxygens (including phenoxy) is 2. The molecule has 1 aromatic heterocycles. The number of aryl methyl sites for hydroxylation is 1. The summed E-state index contributed by atoms with van der Waals surface area (Å²) < 4.78 is 13.6. The molecule has 2 aromatic rings. The second-order valence-electron chi connectivity index (χ2n) is 5.04. The lowest BCUT2D eigenvalue weighted by atomic mass is 10.2. The van der Waals surface area contributed by atoms with Gasteiger partial charge in [0.2, 0.25) is 0 Å². The number of imidazole rings is 1. The minimum Gasteiger partial charge on any atom is -0.493 e. The number of H-pyrrole nitrogens is 1. The second kappa shape index (κ2) is 4.89. The van der Waals surface area contributed by atoms with E-state index in [4.69, 9.17) is 21.7 Å². The number of hydrogen-bond donors (Lipinski definition) is 1. The molecule has 1 aromatic carbocycles. The van der Waals surface area contributed by atoms with E-state index in [2.05, 4.69) is 9.55 Å². The zero-order valence-electron chi connectivity index (χ0n) is 11.2. The summed E-state index contributed by atoms with van der Waals surface area (Å²) in [4.78, 5) is 3.24. The van der Waals surface area contributed by atoms with E-state index in [-0.39, 0.29) is 0 Å². The van der Waals surface area contributed by atoms with Gasteiger partial charge in [0.15, 0.2) is 16.3 Å². The minimum atomic E-state index is 0.723. The lowest BCUT2D eigenvalue weighted by Crippen LogP contribution is -1.99. The van der Waals surface area contributed by atoms with Gasteiger partial charge >= 0.3 is 0 Å². The van der Waals surface area contributed by atoms with Crippen molar-refractivity contribution < 1.29 is 9.47 Å². The number of nitrogens with zero attached hydrogens (tertiary/aromatic N) is 1. The van der Waals surface area contributed by atoms with Gasteiger partial charge in [-0.2, -0.15) is 0 Å². The topological polar surface area (TPSA) is 39.2 Å². The van der Waals surface area contributed by atoms with E-state index in [9.17, 15) is 0 Å². The molecule has 0 radical (unpaired) electrons. The summed E-state index contributed by atoms with van der Waals surface area (Å²) >= 11 is 5.41. The van der Waals surface area contributed by atoms with Gasteiger partial charge in [-0.1, -0.05) is 12.8 Å². The van der Waals surface area contributed by atoms with Crippen LogP contribution in [0.5, 0.6) is 11.5 Å². The fourth-order valence-electron chi connectivity index (χ4n) is 2.42. The molecule has 1 heterocycles. The Bertz CT molecular complexity index is 655. The Balaban J connectivity index is 2.04. The van der Waals surface area contributed by atoms with Crippen molar-refractivity contribution >= 4 is 23.3 Å². The van der Waals surface area contributed by atoms with Crippen LogP contribution in [0, 0.1) is 10.7 Å². The zero-order valence-corrected chi connectivity index (χ0v) is 12.0. The van der Waals surface area contributed by atoms with Gasteiger partial charge in [-0.15, -0.1) is 0 Å². The smallest absolute Gasteiger partial charge is 0.178 e. The Labute approximate surface area is 117 Å². The van der Waals surface area contributed by atoms with Gasteiger partial charge in [0, 0.05) is 18.7 Å². The minimum absolute atomic E-state index is 0.723. The van der Waals surface area contributed by atoms with Crippen LogP contribution in [0.2, 0.25) is 0 Å². The number of fused-ring (bicyclic) bond motifs is 1. The average molecular weight is 278 g/mol. The Kier molecular flexibility index (Phi) is 3.22. The first-order valence-electron chi connectivity index (χ1n) is 6.57. The van der Waals surface area contributed by atoms with Crippen molar-refractivity contribution in [3.05, 3.63) is 16.9 Å². The van der Waals surface area contributed by atoms with E-state index < -0.39 is 0 Å². The zero-order chi connectivity index (χ0) is 13.4. The molecule has 0 unspecified atom stereocenters. The molecule has 0 spiro atoms. The lowest BCUT2D eigenvalue weighted by molar-refractivity contribution is 0.355. The van der Waals surface area contributed by atoms with Crippen LogP contribution >= 0.6 is 12.2 Å². The third kappa shape index (κ3) is 2.34. The van der Waals surface area contributed by atoms with Crippen molar-refractivity contribution in [2.24, 2.45) is 5.92 Å². The van der Waals surface area contributed by atoms with Gasteiger partial charge in [-0.25, -0.2) is 0 Å². The highest BCUT2D eigenvalue weighted by molar-refractivity contribution is 7.71. The van der Waals surface area contributed by atoms with Crippen LogP contribution < -0.4 is 9.47 Å². The molecule has 1 saturated carbocycles. The van der Waals surface area contributed by atoms with Gasteiger partial charge in [0.25, 0.3) is 0 Å². The molecular weight excluding hydrogens is 260 g/mol. The van der Waals surface area contributed by atoms with Crippen molar-refractivity contribution in [1.82, 2.24) is 9.55 Å². The van der Waals surface area contributed by atoms with Crippen molar-refractivity contribution in [3.8, 4) is 11.5 Å². The molecule has 4 nitrogen and oxygen atoms in total. The van der Waals surface area contributed by atoms with Crippen molar-refractivity contribution in [2.75, 3.05) is 14.2 Å². The highest BCUT2D eigenvalue weighted by Gasteiger charge is 2.21. The van der Waals surface area contributed by atoms with E-state index in [0.29, 0.717) is 0 Å². The largest absolute Gasteiger partial charge is 0.493 e. The van der Waals surface area contributed by atoms with Crippen LogP contribution in [0.15, 0.2) is 12.1 Å². The molecule has 5 heteroatoms. The molecule has 1 N–H and O–H groups in total. The predicted molar refractivity (Wildman–Crippen MR) is 77.6 cm³/mol.